The molecular weight excluding hydrogens is 472 g/mol. The van der Waals surface area contributed by atoms with Crippen LogP contribution in [0.3, 0.4) is 0 Å². The first-order valence-electron chi connectivity index (χ1n) is 10.7. The van der Waals surface area contributed by atoms with Crippen molar-refractivity contribution in [2.75, 3.05) is 20.8 Å². The Morgan fingerprint density at radius 1 is 1.11 bits per heavy atom. The van der Waals surface area contributed by atoms with Crippen LogP contribution in [0, 0.1) is 0 Å². The first kappa shape index (κ1) is 24.1. The van der Waals surface area contributed by atoms with Crippen molar-refractivity contribution < 1.29 is 28.2 Å². The Hall–Kier alpha value is -4.04. The van der Waals surface area contributed by atoms with Gasteiger partial charge < -0.3 is 18.6 Å². The maximum absolute atomic E-state index is 13.0. The summed E-state index contributed by atoms with van der Waals surface area (Å²) in [5.74, 6) is 0.445. The molecule has 0 saturated carbocycles. The van der Waals surface area contributed by atoms with Crippen LogP contribution in [-0.2, 0) is 14.3 Å². The van der Waals surface area contributed by atoms with Crippen LogP contribution in [0.5, 0.6) is 11.5 Å². The van der Waals surface area contributed by atoms with E-state index in [0.29, 0.717) is 40.0 Å². The zero-order chi connectivity index (χ0) is 24.8. The Bertz CT molecular complexity index is 1250. The standard InChI is InChI=1S/C26H23ClN2O6/c1-32-23-6-3-5-18(26(23)33-2)10-13-25(31)35-16-24(30)29-21(22-7-4-14-34-22)15-20(28-29)17-8-11-19(27)12-9-17/h3-14,21H,15-16H2,1-2H3/b13-10+. The molecule has 0 saturated heterocycles. The number of rotatable bonds is 8. The van der Waals surface area contributed by atoms with Gasteiger partial charge in [-0.2, -0.15) is 5.10 Å². The van der Waals surface area contributed by atoms with Crippen LogP contribution in [0.25, 0.3) is 6.08 Å². The number of esters is 1. The Morgan fingerprint density at radius 2 is 1.91 bits per heavy atom. The molecule has 0 aliphatic carbocycles. The molecule has 3 aromatic rings. The summed E-state index contributed by atoms with van der Waals surface area (Å²) < 4.78 is 21.3. The smallest absolute Gasteiger partial charge is 0.331 e. The van der Waals surface area contributed by atoms with Gasteiger partial charge in [0.2, 0.25) is 0 Å². The minimum absolute atomic E-state index is 0.446. The lowest BCUT2D eigenvalue weighted by Crippen LogP contribution is -2.31. The summed E-state index contributed by atoms with van der Waals surface area (Å²) in [5.41, 5.74) is 2.17. The normalized spacial score (nSPS) is 15.2. The first-order chi connectivity index (χ1) is 17.0. The van der Waals surface area contributed by atoms with Gasteiger partial charge in [-0.3, -0.25) is 4.79 Å². The Kier molecular flexibility index (Phi) is 7.52. The van der Waals surface area contributed by atoms with Gasteiger partial charge in [0.15, 0.2) is 18.1 Å². The van der Waals surface area contributed by atoms with E-state index in [1.54, 1.807) is 42.5 Å². The highest BCUT2D eigenvalue weighted by Crippen LogP contribution is 2.34. The van der Waals surface area contributed by atoms with Gasteiger partial charge in [0, 0.05) is 23.1 Å². The lowest BCUT2D eigenvalue weighted by atomic mass is 10.0. The van der Waals surface area contributed by atoms with Crippen LogP contribution in [-0.4, -0.2) is 43.4 Å². The number of para-hydroxylation sites is 1. The van der Waals surface area contributed by atoms with Crippen LogP contribution in [0.15, 0.2) is 76.5 Å². The van der Waals surface area contributed by atoms with E-state index in [0.717, 1.165) is 5.56 Å². The van der Waals surface area contributed by atoms with Crippen molar-refractivity contribution in [1.82, 2.24) is 5.01 Å². The molecule has 0 spiro atoms. The van der Waals surface area contributed by atoms with Gasteiger partial charge >= 0.3 is 5.97 Å². The zero-order valence-corrected chi connectivity index (χ0v) is 19.9. The summed E-state index contributed by atoms with van der Waals surface area (Å²) in [6.45, 7) is -0.479. The average Bonchev–Trinajstić information content (AvgIpc) is 3.56. The predicted octanol–water partition coefficient (Wildman–Crippen LogP) is 4.88. The van der Waals surface area contributed by atoms with E-state index in [1.165, 1.54) is 37.6 Å². The second kappa shape index (κ2) is 10.9. The van der Waals surface area contributed by atoms with E-state index in [-0.39, 0.29) is 0 Å². The number of hydrazone groups is 1. The van der Waals surface area contributed by atoms with E-state index in [4.69, 9.17) is 30.2 Å². The number of amides is 1. The molecule has 1 aliphatic rings. The van der Waals surface area contributed by atoms with E-state index in [2.05, 4.69) is 5.10 Å². The fourth-order valence-corrected chi connectivity index (χ4v) is 3.83. The summed E-state index contributed by atoms with van der Waals surface area (Å²) in [5, 5.41) is 6.40. The lowest BCUT2D eigenvalue weighted by Gasteiger charge is -2.19. The van der Waals surface area contributed by atoms with Crippen LogP contribution in [0.4, 0.5) is 0 Å². The Labute approximate surface area is 207 Å². The molecule has 2 aromatic carbocycles. The number of methoxy groups -OCH3 is 2. The molecule has 9 heteroatoms. The molecule has 0 fully saturated rings. The largest absolute Gasteiger partial charge is 0.493 e. The highest BCUT2D eigenvalue weighted by atomic mass is 35.5. The summed E-state index contributed by atoms with van der Waals surface area (Å²) >= 11 is 5.99. The number of nitrogens with zero attached hydrogens (tertiary/aromatic N) is 2. The summed E-state index contributed by atoms with van der Waals surface area (Å²) in [6, 6.07) is 15.6. The van der Waals surface area contributed by atoms with Crippen molar-refractivity contribution in [3.05, 3.63) is 88.8 Å². The maximum atomic E-state index is 13.0. The van der Waals surface area contributed by atoms with Gasteiger partial charge in [-0.15, -0.1) is 0 Å². The molecule has 0 N–H and O–H groups in total. The van der Waals surface area contributed by atoms with E-state index in [9.17, 15) is 9.59 Å². The minimum atomic E-state index is -0.682. The molecule has 1 aromatic heterocycles. The minimum Gasteiger partial charge on any atom is -0.493 e. The van der Waals surface area contributed by atoms with Crippen molar-refractivity contribution in [3.8, 4) is 11.5 Å². The summed E-state index contributed by atoms with van der Waals surface area (Å²) in [6.07, 6.45) is 4.74. The molecule has 2 heterocycles. The number of hydrogen-bond donors (Lipinski definition) is 0. The van der Waals surface area contributed by atoms with Crippen LogP contribution in [0.1, 0.15) is 29.3 Å². The van der Waals surface area contributed by atoms with Gasteiger partial charge in [0.05, 0.1) is 26.2 Å². The van der Waals surface area contributed by atoms with Crippen molar-refractivity contribution in [3.63, 3.8) is 0 Å². The highest BCUT2D eigenvalue weighted by Gasteiger charge is 2.35. The summed E-state index contributed by atoms with van der Waals surface area (Å²) in [7, 11) is 3.04. The molecule has 0 radical (unpaired) electrons. The van der Waals surface area contributed by atoms with Crippen LogP contribution >= 0.6 is 11.6 Å². The molecular formula is C26H23ClN2O6. The Morgan fingerprint density at radius 3 is 2.60 bits per heavy atom. The van der Waals surface area contributed by atoms with Crippen molar-refractivity contribution in [2.24, 2.45) is 5.10 Å². The fourth-order valence-electron chi connectivity index (χ4n) is 3.71. The number of furan rings is 1. The summed E-state index contributed by atoms with van der Waals surface area (Å²) in [4.78, 5) is 25.3. The number of ether oxygens (including phenoxy) is 3. The SMILES string of the molecule is COc1cccc(/C=C/C(=O)OCC(=O)N2N=C(c3ccc(Cl)cc3)CC2c2ccco2)c1OC. The molecule has 4 rings (SSSR count). The van der Waals surface area contributed by atoms with Crippen molar-refractivity contribution in [2.45, 2.75) is 12.5 Å². The van der Waals surface area contributed by atoms with Crippen LogP contribution < -0.4 is 9.47 Å². The number of carbonyl (C=O) groups excluding carboxylic acids is 2. The lowest BCUT2D eigenvalue weighted by molar-refractivity contribution is -0.149. The molecule has 0 bridgehead atoms. The third-order valence-electron chi connectivity index (χ3n) is 5.39. The topological polar surface area (TPSA) is 90.6 Å². The maximum Gasteiger partial charge on any atom is 0.331 e. The van der Waals surface area contributed by atoms with E-state index in [1.807, 2.05) is 12.1 Å². The molecule has 1 unspecified atom stereocenters. The van der Waals surface area contributed by atoms with Gasteiger partial charge in [0.1, 0.15) is 11.8 Å². The third-order valence-corrected chi connectivity index (χ3v) is 5.64. The van der Waals surface area contributed by atoms with E-state index < -0.39 is 24.5 Å². The quantitative estimate of drug-likeness (QED) is 0.327. The predicted molar refractivity (Wildman–Crippen MR) is 130 cm³/mol. The fraction of sp³-hybridized carbons (Fsp3) is 0.192. The van der Waals surface area contributed by atoms with Gasteiger partial charge in [-0.25, -0.2) is 9.80 Å². The molecule has 1 amide bonds. The zero-order valence-electron chi connectivity index (χ0n) is 19.1. The molecule has 1 aliphatic heterocycles. The average molecular weight is 495 g/mol. The molecule has 180 valence electrons. The molecule has 35 heavy (non-hydrogen) atoms. The highest BCUT2D eigenvalue weighted by molar-refractivity contribution is 6.30. The monoisotopic (exact) mass is 494 g/mol. The number of hydrogen-bond acceptors (Lipinski definition) is 7. The number of carbonyl (C=O) groups is 2. The second-order valence-electron chi connectivity index (χ2n) is 7.55. The third kappa shape index (κ3) is 5.55. The van der Waals surface area contributed by atoms with Crippen molar-refractivity contribution in [1.29, 1.82) is 0 Å². The van der Waals surface area contributed by atoms with Crippen molar-refractivity contribution >= 4 is 35.3 Å². The van der Waals surface area contributed by atoms with E-state index >= 15 is 0 Å². The van der Waals surface area contributed by atoms with Gasteiger partial charge in [-0.05, 0) is 42.0 Å². The van der Waals surface area contributed by atoms with Crippen LogP contribution in [0.2, 0.25) is 5.02 Å². The Balaban J connectivity index is 1.45. The number of benzene rings is 2. The first-order valence-corrected chi connectivity index (χ1v) is 11.1. The molecule has 8 nitrogen and oxygen atoms in total. The molecule has 1 atom stereocenters. The van der Waals surface area contributed by atoms with Gasteiger partial charge in [0.25, 0.3) is 5.91 Å². The van der Waals surface area contributed by atoms with Gasteiger partial charge in [-0.1, -0.05) is 35.9 Å². The second-order valence-corrected chi connectivity index (χ2v) is 7.99. The number of halogens is 1.